The van der Waals surface area contributed by atoms with Crippen molar-refractivity contribution >= 4 is 40.0 Å². The molecule has 144 valence electrons. The number of carbonyl (C=O) groups excluding carboxylic acids is 1. The Labute approximate surface area is 179 Å². The predicted octanol–water partition coefficient (Wildman–Crippen LogP) is 6.49. The maximum atomic E-state index is 12.8. The molecular weight excluding hydrogens is 398 g/mol. The summed E-state index contributed by atoms with van der Waals surface area (Å²) < 4.78 is 0. The standard InChI is InChI=1S/C25H20ClNOS/c26-21-15-7-13-18-14-8-16-22(24(18)21)29-17-23(28)27-25(19-9-3-1-4-10-19)20-11-5-2-6-12-20/h1-16,25H,17H2,(H,27,28). The number of carbonyl (C=O) groups is 1. The highest BCUT2D eigenvalue weighted by Crippen LogP contribution is 2.33. The van der Waals surface area contributed by atoms with Crippen LogP contribution in [0.2, 0.25) is 5.02 Å². The van der Waals surface area contributed by atoms with Crippen LogP contribution in [0.25, 0.3) is 10.8 Å². The molecule has 0 bridgehead atoms. The number of halogens is 1. The first-order valence-corrected chi connectivity index (χ1v) is 10.8. The Morgan fingerprint density at radius 1 is 0.793 bits per heavy atom. The van der Waals surface area contributed by atoms with Crippen LogP contribution >= 0.6 is 23.4 Å². The van der Waals surface area contributed by atoms with Gasteiger partial charge in [-0.15, -0.1) is 11.8 Å². The second-order valence-electron chi connectivity index (χ2n) is 6.70. The monoisotopic (exact) mass is 417 g/mol. The van der Waals surface area contributed by atoms with Gasteiger partial charge in [0.2, 0.25) is 5.91 Å². The number of hydrogen-bond donors (Lipinski definition) is 1. The van der Waals surface area contributed by atoms with Gasteiger partial charge in [-0.2, -0.15) is 0 Å². The average molecular weight is 418 g/mol. The minimum absolute atomic E-state index is 0.0169. The quantitative estimate of drug-likeness (QED) is 0.363. The van der Waals surface area contributed by atoms with E-state index < -0.39 is 0 Å². The molecule has 4 aromatic rings. The summed E-state index contributed by atoms with van der Waals surface area (Å²) in [5.41, 5.74) is 2.12. The molecule has 4 rings (SSSR count). The van der Waals surface area contributed by atoms with Gasteiger partial charge in [-0.3, -0.25) is 4.79 Å². The molecule has 0 aliphatic carbocycles. The van der Waals surface area contributed by atoms with E-state index >= 15 is 0 Å². The van der Waals surface area contributed by atoms with Crippen molar-refractivity contribution in [3.63, 3.8) is 0 Å². The topological polar surface area (TPSA) is 29.1 Å². The lowest BCUT2D eigenvalue weighted by atomic mass is 9.99. The van der Waals surface area contributed by atoms with E-state index in [2.05, 4.69) is 5.32 Å². The third-order valence-electron chi connectivity index (χ3n) is 4.75. The van der Waals surface area contributed by atoms with Crippen LogP contribution in [0.1, 0.15) is 17.2 Å². The molecule has 0 saturated heterocycles. The van der Waals surface area contributed by atoms with E-state index in [9.17, 15) is 4.79 Å². The molecule has 0 fully saturated rings. The van der Waals surface area contributed by atoms with Gasteiger partial charge >= 0.3 is 0 Å². The van der Waals surface area contributed by atoms with Gasteiger partial charge in [0.05, 0.1) is 11.8 Å². The molecule has 0 heterocycles. The van der Waals surface area contributed by atoms with Crippen molar-refractivity contribution in [3.8, 4) is 0 Å². The van der Waals surface area contributed by atoms with Gasteiger partial charge in [-0.25, -0.2) is 0 Å². The first kappa shape index (κ1) is 19.6. The molecule has 29 heavy (non-hydrogen) atoms. The van der Waals surface area contributed by atoms with Crippen LogP contribution in [-0.4, -0.2) is 11.7 Å². The van der Waals surface area contributed by atoms with Crippen LogP contribution in [0, 0.1) is 0 Å². The summed E-state index contributed by atoms with van der Waals surface area (Å²) in [5, 5.41) is 5.97. The summed E-state index contributed by atoms with van der Waals surface area (Å²) >= 11 is 7.92. The van der Waals surface area contributed by atoms with Gasteiger partial charge in [-0.1, -0.05) is 96.5 Å². The molecule has 0 aromatic heterocycles. The highest BCUT2D eigenvalue weighted by Gasteiger charge is 2.17. The van der Waals surface area contributed by atoms with Crippen LogP contribution in [0.15, 0.2) is 102 Å². The van der Waals surface area contributed by atoms with Gasteiger partial charge in [0.1, 0.15) is 0 Å². The number of fused-ring (bicyclic) bond motifs is 1. The maximum Gasteiger partial charge on any atom is 0.231 e. The van der Waals surface area contributed by atoms with Crippen LogP contribution < -0.4 is 5.32 Å². The summed E-state index contributed by atoms with van der Waals surface area (Å²) in [6.45, 7) is 0. The van der Waals surface area contributed by atoms with Crippen LogP contribution in [-0.2, 0) is 4.79 Å². The van der Waals surface area contributed by atoms with E-state index in [1.807, 2.05) is 97.1 Å². The molecule has 0 unspecified atom stereocenters. The predicted molar refractivity (Wildman–Crippen MR) is 123 cm³/mol. The molecule has 0 aliphatic heterocycles. The fourth-order valence-electron chi connectivity index (χ4n) is 3.38. The van der Waals surface area contributed by atoms with Gasteiger partial charge in [-0.05, 0) is 28.6 Å². The molecule has 2 nitrogen and oxygen atoms in total. The Hall–Kier alpha value is -2.75. The van der Waals surface area contributed by atoms with Crippen LogP contribution in [0.4, 0.5) is 0 Å². The number of amides is 1. The highest BCUT2D eigenvalue weighted by atomic mass is 35.5. The zero-order chi connectivity index (χ0) is 20.1. The third kappa shape index (κ3) is 4.64. The van der Waals surface area contributed by atoms with Crippen LogP contribution in [0.3, 0.4) is 0 Å². The zero-order valence-electron chi connectivity index (χ0n) is 15.7. The zero-order valence-corrected chi connectivity index (χ0v) is 17.3. The molecule has 4 aromatic carbocycles. The van der Waals surface area contributed by atoms with Gasteiger partial charge < -0.3 is 5.32 Å². The molecule has 1 amide bonds. The summed E-state index contributed by atoms with van der Waals surface area (Å²) in [4.78, 5) is 13.8. The first-order chi connectivity index (χ1) is 14.2. The fraction of sp³-hybridized carbons (Fsp3) is 0.0800. The van der Waals surface area contributed by atoms with Crippen molar-refractivity contribution in [3.05, 3.63) is 113 Å². The van der Waals surface area contributed by atoms with Crippen molar-refractivity contribution in [2.45, 2.75) is 10.9 Å². The van der Waals surface area contributed by atoms with Crippen molar-refractivity contribution in [2.24, 2.45) is 0 Å². The fourth-order valence-corrected chi connectivity index (χ4v) is 4.64. The Kier molecular flexibility index (Phi) is 6.18. The number of benzene rings is 4. The largest absolute Gasteiger partial charge is 0.344 e. The molecule has 0 saturated carbocycles. The van der Waals surface area contributed by atoms with E-state index in [0.29, 0.717) is 10.8 Å². The van der Waals surface area contributed by atoms with E-state index in [4.69, 9.17) is 11.6 Å². The van der Waals surface area contributed by atoms with Crippen molar-refractivity contribution < 1.29 is 4.79 Å². The summed E-state index contributed by atoms with van der Waals surface area (Å²) in [6.07, 6.45) is 0. The Morgan fingerprint density at radius 3 is 2.00 bits per heavy atom. The number of hydrogen-bond acceptors (Lipinski definition) is 2. The van der Waals surface area contributed by atoms with Crippen molar-refractivity contribution in [2.75, 3.05) is 5.75 Å². The Balaban J connectivity index is 1.52. The van der Waals surface area contributed by atoms with Gasteiger partial charge in [0.25, 0.3) is 0 Å². The smallest absolute Gasteiger partial charge is 0.231 e. The Bertz CT molecular complexity index is 1070. The Morgan fingerprint density at radius 2 is 1.38 bits per heavy atom. The number of nitrogens with one attached hydrogen (secondary N) is 1. The molecular formula is C25H20ClNOS. The highest BCUT2D eigenvalue weighted by molar-refractivity contribution is 8.00. The molecule has 0 radical (unpaired) electrons. The number of thioether (sulfide) groups is 1. The second kappa shape index (κ2) is 9.17. The molecule has 1 N–H and O–H groups in total. The lowest BCUT2D eigenvalue weighted by molar-refractivity contribution is -0.119. The average Bonchev–Trinajstić information content (AvgIpc) is 2.77. The minimum atomic E-state index is -0.179. The van der Waals surface area contributed by atoms with E-state index in [1.165, 1.54) is 11.8 Å². The summed E-state index contributed by atoms with van der Waals surface area (Å²) in [6, 6.07) is 31.8. The number of rotatable bonds is 6. The normalized spacial score (nSPS) is 11.0. The SMILES string of the molecule is O=C(CSc1cccc2cccc(Cl)c12)NC(c1ccccc1)c1ccccc1. The lowest BCUT2D eigenvalue weighted by Crippen LogP contribution is -2.30. The lowest BCUT2D eigenvalue weighted by Gasteiger charge is -2.20. The summed E-state index contributed by atoms with van der Waals surface area (Å²) in [7, 11) is 0. The van der Waals surface area contributed by atoms with Crippen molar-refractivity contribution in [1.29, 1.82) is 0 Å². The summed E-state index contributed by atoms with van der Waals surface area (Å²) in [5.74, 6) is 0.303. The molecule has 4 heteroatoms. The molecule has 0 spiro atoms. The maximum absolute atomic E-state index is 12.8. The van der Waals surface area contributed by atoms with Crippen molar-refractivity contribution in [1.82, 2.24) is 5.32 Å². The first-order valence-electron chi connectivity index (χ1n) is 9.41. The van der Waals surface area contributed by atoms with E-state index in [0.717, 1.165) is 26.8 Å². The van der Waals surface area contributed by atoms with Gasteiger partial charge in [0.15, 0.2) is 0 Å². The second-order valence-corrected chi connectivity index (χ2v) is 8.13. The van der Waals surface area contributed by atoms with E-state index in [-0.39, 0.29) is 11.9 Å². The van der Waals surface area contributed by atoms with E-state index in [1.54, 1.807) is 0 Å². The van der Waals surface area contributed by atoms with Gasteiger partial charge in [0, 0.05) is 15.3 Å². The minimum Gasteiger partial charge on any atom is -0.344 e. The third-order valence-corrected chi connectivity index (χ3v) is 6.12. The molecule has 0 aliphatic rings. The molecule has 0 atom stereocenters. The van der Waals surface area contributed by atoms with Crippen LogP contribution in [0.5, 0.6) is 0 Å².